The molecule has 0 saturated carbocycles. The van der Waals surface area contributed by atoms with Crippen molar-refractivity contribution in [3.63, 3.8) is 0 Å². The average Bonchev–Trinajstić information content (AvgIpc) is 3.25. The largest absolute Gasteiger partial charge is 0.461 e. The molecular formula is C20H22N4O3. The van der Waals surface area contributed by atoms with E-state index in [2.05, 4.69) is 16.0 Å². The van der Waals surface area contributed by atoms with Gasteiger partial charge in [0.1, 0.15) is 18.1 Å². The van der Waals surface area contributed by atoms with Gasteiger partial charge in [0.05, 0.1) is 5.69 Å². The number of hydrogen-bond donors (Lipinski definition) is 2. The number of nitrogens with zero attached hydrogens (tertiary/aromatic N) is 2. The summed E-state index contributed by atoms with van der Waals surface area (Å²) in [5.74, 6) is 0.871. The lowest BCUT2D eigenvalue weighted by Gasteiger charge is -2.08. The number of rotatable bonds is 6. The first-order chi connectivity index (χ1) is 13.0. The van der Waals surface area contributed by atoms with Gasteiger partial charge >= 0.3 is 0 Å². The molecular weight excluding hydrogens is 344 g/mol. The standard InChI is InChI=1S/C20H22N4O3/c1-14-12-15(2)24(23-14)13-20(26)22-21-19(25)11-9-17-8-10-18(27-17)16-6-4-3-5-7-16/h3-8,10,12H,9,11,13H2,1-2H3,(H,21,25)(H,22,26). The fraction of sp³-hybridized carbons (Fsp3) is 0.250. The predicted octanol–water partition coefficient (Wildman–Crippen LogP) is 2.54. The summed E-state index contributed by atoms with van der Waals surface area (Å²) in [4.78, 5) is 23.8. The van der Waals surface area contributed by atoms with Gasteiger partial charge in [-0.3, -0.25) is 25.1 Å². The van der Waals surface area contributed by atoms with Crippen LogP contribution >= 0.6 is 0 Å². The highest BCUT2D eigenvalue weighted by Crippen LogP contribution is 2.22. The molecule has 7 heteroatoms. The second kappa shape index (κ2) is 8.35. The molecule has 2 heterocycles. The van der Waals surface area contributed by atoms with E-state index in [-0.39, 0.29) is 24.8 Å². The lowest BCUT2D eigenvalue weighted by molar-refractivity contribution is -0.129. The van der Waals surface area contributed by atoms with Crippen LogP contribution in [0.4, 0.5) is 0 Å². The zero-order valence-electron chi connectivity index (χ0n) is 15.4. The molecule has 0 spiro atoms. The molecule has 1 aromatic carbocycles. The van der Waals surface area contributed by atoms with E-state index >= 15 is 0 Å². The smallest absolute Gasteiger partial charge is 0.260 e. The number of benzene rings is 1. The van der Waals surface area contributed by atoms with Gasteiger partial charge in [-0.05, 0) is 32.0 Å². The molecule has 2 aromatic heterocycles. The molecule has 27 heavy (non-hydrogen) atoms. The molecule has 0 unspecified atom stereocenters. The Hall–Kier alpha value is -3.35. The van der Waals surface area contributed by atoms with Gasteiger partial charge < -0.3 is 4.42 Å². The minimum absolute atomic E-state index is 0.0541. The highest BCUT2D eigenvalue weighted by Gasteiger charge is 2.10. The third kappa shape index (κ3) is 5.07. The number of carbonyl (C=O) groups is 2. The van der Waals surface area contributed by atoms with Crippen molar-refractivity contribution in [2.75, 3.05) is 0 Å². The quantitative estimate of drug-likeness (QED) is 0.656. The fourth-order valence-corrected chi connectivity index (χ4v) is 2.72. The van der Waals surface area contributed by atoms with Crippen LogP contribution in [0.5, 0.6) is 0 Å². The normalized spacial score (nSPS) is 10.6. The lowest BCUT2D eigenvalue weighted by atomic mass is 10.2. The van der Waals surface area contributed by atoms with Crippen molar-refractivity contribution in [3.8, 4) is 11.3 Å². The van der Waals surface area contributed by atoms with Gasteiger partial charge in [-0.25, -0.2) is 0 Å². The van der Waals surface area contributed by atoms with Gasteiger partial charge in [-0.1, -0.05) is 30.3 Å². The van der Waals surface area contributed by atoms with Gasteiger partial charge in [-0.15, -0.1) is 0 Å². The van der Waals surface area contributed by atoms with Gasteiger partial charge in [-0.2, -0.15) is 5.10 Å². The summed E-state index contributed by atoms with van der Waals surface area (Å²) in [5.41, 5.74) is 7.55. The third-order valence-electron chi connectivity index (χ3n) is 4.06. The Kier molecular flexibility index (Phi) is 5.71. The topological polar surface area (TPSA) is 89.2 Å². The van der Waals surface area contributed by atoms with Crippen LogP contribution in [0, 0.1) is 13.8 Å². The van der Waals surface area contributed by atoms with Crippen LogP contribution in [0.25, 0.3) is 11.3 Å². The van der Waals surface area contributed by atoms with E-state index in [1.807, 2.05) is 62.4 Å². The van der Waals surface area contributed by atoms with E-state index in [1.54, 1.807) is 4.68 Å². The van der Waals surface area contributed by atoms with Crippen molar-refractivity contribution in [1.29, 1.82) is 0 Å². The second-order valence-corrected chi connectivity index (χ2v) is 6.31. The Morgan fingerprint density at radius 3 is 2.48 bits per heavy atom. The van der Waals surface area contributed by atoms with Gasteiger partial charge in [0.15, 0.2) is 0 Å². The molecule has 2 N–H and O–H groups in total. The first-order valence-electron chi connectivity index (χ1n) is 8.74. The maximum atomic E-state index is 11.9. The van der Waals surface area contributed by atoms with Crippen LogP contribution in [0.1, 0.15) is 23.6 Å². The monoisotopic (exact) mass is 366 g/mol. The number of amides is 2. The number of hydrogen-bond acceptors (Lipinski definition) is 4. The Labute approximate surface area is 157 Å². The Morgan fingerprint density at radius 1 is 1.04 bits per heavy atom. The van der Waals surface area contributed by atoms with Gasteiger partial charge in [0, 0.05) is 24.1 Å². The second-order valence-electron chi connectivity index (χ2n) is 6.31. The summed E-state index contributed by atoms with van der Waals surface area (Å²) < 4.78 is 7.35. The zero-order valence-corrected chi connectivity index (χ0v) is 15.4. The van der Waals surface area contributed by atoms with Gasteiger partial charge in [0.2, 0.25) is 5.91 Å². The first-order valence-corrected chi connectivity index (χ1v) is 8.74. The fourth-order valence-electron chi connectivity index (χ4n) is 2.72. The van der Waals surface area contributed by atoms with E-state index in [4.69, 9.17) is 4.42 Å². The maximum Gasteiger partial charge on any atom is 0.260 e. The highest BCUT2D eigenvalue weighted by molar-refractivity contribution is 5.81. The Balaban J connectivity index is 1.43. The molecule has 140 valence electrons. The summed E-state index contributed by atoms with van der Waals surface area (Å²) in [5, 5.41) is 4.21. The number of carbonyl (C=O) groups excluding carboxylic acids is 2. The number of hydrazine groups is 1. The number of aryl methyl sites for hydroxylation is 3. The molecule has 3 aromatic rings. The van der Waals surface area contributed by atoms with E-state index in [0.717, 1.165) is 28.5 Å². The Bertz CT molecular complexity index is 928. The van der Waals surface area contributed by atoms with E-state index in [1.165, 1.54) is 0 Å². The maximum absolute atomic E-state index is 11.9. The van der Waals surface area contributed by atoms with Crippen LogP contribution in [0.2, 0.25) is 0 Å². The first kappa shape index (κ1) is 18.4. The summed E-state index contributed by atoms with van der Waals surface area (Å²) in [6, 6.07) is 15.4. The van der Waals surface area contributed by atoms with Crippen molar-refractivity contribution in [3.05, 3.63) is 65.7 Å². The summed E-state index contributed by atoms with van der Waals surface area (Å²) >= 11 is 0. The van der Waals surface area contributed by atoms with Crippen LogP contribution in [-0.2, 0) is 22.6 Å². The van der Waals surface area contributed by atoms with Crippen molar-refractivity contribution < 1.29 is 14.0 Å². The van der Waals surface area contributed by atoms with Crippen molar-refractivity contribution >= 4 is 11.8 Å². The van der Waals surface area contributed by atoms with Crippen molar-refractivity contribution in [2.24, 2.45) is 0 Å². The van der Waals surface area contributed by atoms with E-state index < -0.39 is 0 Å². The molecule has 0 aliphatic heterocycles. The molecule has 2 amide bonds. The zero-order chi connectivity index (χ0) is 19.2. The van der Waals surface area contributed by atoms with Crippen LogP contribution in [0.15, 0.2) is 52.9 Å². The average molecular weight is 366 g/mol. The molecule has 0 radical (unpaired) electrons. The lowest BCUT2D eigenvalue weighted by Crippen LogP contribution is -2.43. The van der Waals surface area contributed by atoms with Crippen molar-refractivity contribution in [2.45, 2.75) is 33.2 Å². The Morgan fingerprint density at radius 2 is 1.78 bits per heavy atom. The minimum atomic E-state index is -0.334. The predicted molar refractivity (Wildman–Crippen MR) is 100 cm³/mol. The SMILES string of the molecule is Cc1cc(C)n(CC(=O)NNC(=O)CCc2ccc(-c3ccccc3)o2)n1. The van der Waals surface area contributed by atoms with E-state index in [9.17, 15) is 9.59 Å². The molecule has 0 saturated heterocycles. The molecule has 7 nitrogen and oxygen atoms in total. The minimum Gasteiger partial charge on any atom is -0.461 e. The molecule has 0 atom stereocenters. The molecule has 0 fully saturated rings. The summed E-state index contributed by atoms with van der Waals surface area (Å²) in [7, 11) is 0. The van der Waals surface area contributed by atoms with Crippen LogP contribution in [-0.4, -0.2) is 21.6 Å². The number of aromatic nitrogens is 2. The third-order valence-corrected chi connectivity index (χ3v) is 4.06. The van der Waals surface area contributed by atoms with E-state index in [0.29, 0.717) is 6.42 Å². The summed E-state index contributed by atoms with van der Waals surface area (Å²) in [6.07, 6.45) is 0.661. The number of furan rings is 1. The van der Waals surface area contributed by atoms with Crippen molar-refractivity contribution in [1.82, 2.24) is 20.6 Å². The molecule has 0 bridgehead atoms. The molecule has 3 rings (SSSR count). The number of nitrogens with one attached hydrogen (secondary N) is 2. The summed E-state index contributed by atoms with van der Waals surface area (Å²) in [6.45, 7) is 3.79. The molecule has 0 aliphatic carbocycles. The van der Waals surface area contributed by atoms with Crippen LogP contribution < -0.4 is 10.9 Å². The molecule has 0 aliphatic rings. The van der Waals surface area contributed by atoms with Gasteiger partial charge in [0.25, 0.3) is 5.91 Å². The van der Waals surface area contributed by atoms with Crippen LogP contribution in [0.3, 0.4) is 0 Å². The highest BCUT2D eigenvalue weighted by atomic mass is 16.3.